The molecule has 0 unspecified atom stereocenters. The summed E-state index contributed by atoms with van der Waals surface area (Å²) in [5, 5.41) is 7.15. The van der Waals surface area contributed by atoms with Crippen LogP contribution in [-0.4, -0.2) is 4.57 Å². The van der Waals surface area contributed by atoms with Crippen molar-refractivity contribution in [1.82, 2.24) is 4.57 Å². The Balaban J connectivity index is 1.01. The highest BCUT2D eigenvalue weighted by Crippen LogP contribution is 2.51. The summed E-state index contributed by atoms with van der Waals surface area (Å²) in [5.74, 6) is 0. The standard InChI is InChI=1S/C55H38N2O/c1-55(2)48-21-8-5-18-42(48)43-28-26-39(33-49(43)55)56(50-23-12-14-35-13-3-4-17-41(35)50)38-16-11-15-36(31-38)37-25-30-52-47(32-37)44-19-6-9-22-51(44)57(52)40-27-29-46-45-20-7-10-24-53(45)58-54(46)34-40/h3-34H,1-2H3. The molecule has 9 aromatic carbocycles. The van der Waals surface area contributed by atoms with Crippen LogP contribution < -0.4 is 4.90 Å². The highest BCUT2D eigenvalue weighted by molar-refractivity contribution is 6.11. The minimum absolute atomic E-state index is 0.110. The number of para-hydroxylation sites is 2. The van der Waals surface area contributed by atoms with Gasteiger partial charge in [-0.2, -0.15) is 0 Å². The van der Waals surface area contributed by atoms with E-state index in [1.54, 1.807) is 0 Å². The molecule has 11 aromatic rings. The van der Waals surface area contributed by atoms with E-state index in [9.17, 15) is 0 Å². The maximum atomic E-state index is 6.34. The number of aromatic nitrogens is 1. The molecule has 0 radical (unpaired) electrons. The highest BCUT2D eigenvalue weighted by atomic mass is 16.3. The van der Waals surface area contributed by atoms with Crippen molar-refractivity contribution in [2.45, 2.75) is 19.3 Å². The molecule has 0 saturated heterocycles. The number of nitrogens with zero attached hydrogens (tertiary/aromatic N) is 2. The lowest BCUT2D eigenvalue weighted by Gasteiger charge is -2.29. The Labute approximate surface area is 336 Å². The summed E-state index contributed by atoms with van der Waals surface area (Å²) in [5.41, 5.74) is 16.3. The zero-order valence-electron chi connectivity index (χ0n) is 32.3. The molecule has 12 rings (SSSR count). The SMILES string of the molecule is CC1(C)c2ccccc2-c2ccc(N(c3cccc(-c4ccc5c(c4)c4ccccc4n5-c4ccc5c(c4)oc4ccccc45)c3)c3cccc4ccccc34)cc21. The third-order valence-electron chi connectivity index (χ3n) is 12.6. The topological polar surface area (TPSA) is 21.3 Å². The molecule has 0 atom stereocenters. The molecular weight excluding hydrogens is 705 g/mol. The number of anilines is 3. The van der Waals surface area contributed by atoms with Crippen LogP contribution in [0.5, 0.6) is 0 Å². The molecule has 1 aliphatic carbocycles. The smallest absolute Gasteiger partial charge is 0.137 e. The minimum Gasteiger partial charge on any atom is -0.456 e. The fraction of sp³-hybridized carbons (Fsp3) is 0.0545. The highest BCUT2D eigenvalue weighted by Gasteiger charge is 2.36. The van der Waals surface area contributed by atoms with E-state index in [1.807, 2.05) is 12.1 Å². The lowest BCUT2D eigenvalue weighted by molar-refractivity contribution is 0.660. The molecule has 0 amide bonds. The summed E-state index contributed by atoms with van der Waals surface area (Å²) in [6, 6.07) is 70.8. The quantitative estimate of drug-likeness (QED) is 0.175. The van der Waals surface area contributed by atoms with Crippen LogP contribution in [0.3, 0.4) is 0 Å². The summed E-state index contributed by atoms with van der Waals surface area (Å²) in [6.45, 7) is 4.71. The molecule has 3 heteroatoms. The summed E-state index contributed by atoms with van der Waals surface area (Å²) < 4.78 is 8.71. The van der Waals surface area contributed by atoms with Gasteiger partial charge in [-0.25, -0.2) is 0 Å². The van der Waals surface area contributed by atoms with Crippen LogP contribution in [0.25, 0.3) is 82.5 Å². The molecular formula is C55H38N2O. The molecule has 2 heterocycles. The molecule has 0 saturated carbocycles. The third kappa shape index (κ3) is 4.80. The van der Waals surface area contributed by atoms with Crippen molar-refractivity contribution in [1.29, 1.82) is 0 Å². The van der Waals surface area contributed by atoms with Crippen molar-refractivity contribution in [2.24, 2.45) is 0 Å². The molecule has 0 spiro atoms. The molecule has 0 N–H and O–H groups in total. The van der Waals surface area contributed by atoms with Gasteiger partial charge in [0, 0.05) is 55.5 Å². The Bertz CT molecular complexity index is 3450. The van der Waals surface area contributed by atoms with Gasteiger partial charge in [0.1, 0.15) is 11.2 Å². The largest absolute Gasteiger partial charge is 0.456 e. The number of hydrogen-bond donors (Lipinski definition) is 0. The van der Waals surface area contributed by atoms with Gasteiger partial charge < -0.3 is 13.9 Å². The Morgan fingerprint density at radius 2 is 1.12 bits per heavy atom. The van der Waals surface area contributed by atoms with Crippen LogP contribution >= 0.6 is 0 Å². The van der Waals surface area contributed by atoms with E-state index in [4.69, 9.17) is 4.42 Å². The molecule has 0 fully saturated rings. The van der Waals surface area contributed by atoms with Crippen LogP contribution in [-0.2, 0) is 5.41 Å². The lowest BCUT2D eigenvalue weighted by Crippen LogP contribution is -2.16. The van der Waals surface area contributed by atoms with Gasteiger partial charge in [0.15, 0.2) is 0 Å². The van der Waals surface area contributed by atoms with E-state index in [-0.39, 0.29) is 5.41 Å². The first kappa shape index (κ1) is 32.8. The summed E-state index contributed by atoms with van der Waals surface area (Å²) in [7, 11) is 0. The molecule has 0 bridgehead atoms. The molecule has 58 heavy (non-hydrogen) atoms. The first-order valence-electron chi connectivity index (χ1n) is 20.1. The van der Waals surface area contributed by atoms with Crippen molar-refractivity contribution >= 4 is 71.6 Å². The average molecular weight is 743 g/mol. The van der Waals surface area contributed by atoms with Gasteiger partial charge in [-0.1, -0.05) is 135 Å². The average Bonchev–Trinajstić information content (AvgIpc) is 3.88. The Kier molecular flexibility index (Phi) is 6.98. The summed E-state index contributed by atoms with van der Waals surface area (Å²) in [4.78, 5) is 2.45. The number of hydrogen-bond acceptors (Lipinski definition) is 2. The normalized spacial score (nSPS) is 13.1. The zero-order valence-corrected chi connectivity index (χ0v) is 32.3. The third-order valence-corrected chi connectivity index (χ3v) is 12.6. The van der Waals surface area contributed by atoms with Gasteiger partial charge in [-0.05, 0) is 105 Å². The van der Waals surface area contributed by atoms with E-state index < -0.39 is 0 Å². The second-order valence-corrected chi connectivity index (χ2v) is 16.1. The predicted octanol–water partition coefficient (Wildman–Crippen LogP) is 15.3. The lowest BCUT2D eigenvalue weighted by atomic mass is 9.82. The van der Waals surface area contributed by atoms with Crippen LogP contribution in [0.2, 0.25) is 0 Å². The fourth-order valence-electron chi connectivity index (χ4n) is 9.77. The van der Waals surface area contributed by atoms with Crippen molar-refractivity contribution in [3.8, 4) is 27.9 Å². The first-order chi connectivity index (χ1) is 28.5. The second kappa shape index (κ2) is 12.3. The van der Waals surface area contributed by atoms with Gasteiger partial charge in [-0.3, -0.25) is 0 Å². The maximum absolute atomic E-state index is 6.34. The van der Waals surface area contributed by atoms with Gasteiger partial charge in [0.05, 0.1) is 16.7 Å². The van der Waals surface area contributed by atoms with Crippen LogP contribution in [0, 0.1) is 0 Å². The van der Waals surface area contributed by atoms with Crippen molar-refractivity contribution in [3.63, 3.8) is 0 Å². The Morgan fingerprint density at radius 1 is 0.431 bits per heavy atom. The second-order valence-electron chi connectivity index (χ2n) is 16.1. The number of benzene rings is 9. The molecule has 1 aliphatic rings. The van der Waals surface area contributed by atoms with Crippen LogP contribution in [0.4, 0.5) is 17.1 Å². The van der Waals surface area contributed by atoms with Gasteiger partial charge in [0.25, 0.3) is 0 Å². The first-order valence-corrected chi connectivity index (χ1v) is 20.1. The van der Waals surface area contributed by atoms with E-state index in [0.717, 1.165) is 50.2 Å². The van der Waals surface area contributed by atoms with Crippen molar-refractivity contribution in [3.05, 3.63) is 205 Å². The molecule has 274 valence electrons. The molecule has 2 aromatic heterocycles. The van der Waals surface area contributed by atoms with Gasteiger partial charge >= 0.3 is 0 Å². The van der Waals surface area contributed by atoms with Crippen molar-refractivity contribution in [2.75, 3.05) is 4.90 Å². The zero-order chi connectivity index (χ0) is 38.5. The van der Waals surface area contributed by atoms with Gasteiger partial charge in [-0.15, -0.1) is 0 Å². The van der Waals surface area contributed by atoms with E-state index in [0.29, 0.717) is 0 Å². The van der Waals surface area contributed by atoms with Gasteiger partial charge in [0.2, 0.25) is 0 Å². The van der Waals surface area contributed by atoms with Crippen LogP contribution in [0.1, 0.15) is 25.0 Å². The molecule has 0 aliphatic heterocycles. The number of fused-ring (bicyclic) bond motifs is 10. The summed E-state index contributed by atoms with van der Waals surface area (Å²) >= 11 is 0. The fourth-order valence-corrected chi connectivity index (χ4v) is 9.77. The maximum Gasteiger partial charge on any atom is 0.137 e. The van der Waals surface area contributed by atoms with E-state index in [1.165, 1.54) is 60.4 Å². The minimum atomic E-state index is -0.110. The number of furan rings is 1. The van der Waals surface area contributed by atoms with E-state index in [2.05, 4.69) is 205 Å². The summed E-state index contributed by atoms with van der Waals surface area (Å²) in [6.07, 6.45) is 0. The monoisotopic (exact) mass is 742 g/mol. The van der Waals surface area contributed by atoms with E-state index >= 15 is 0 Å². The number of rotatable bonds is 5. The van der Waals surface area contributed by atoms with Crippen LogP contribution in [0.15, 0.2) is 199 Å². The predicted molar refractivity (Wildman–Crippen MR) is 243 cm³/mol. The molecule has 3 nitrogen and oxygen atoms in total. The Morgan fingerprint density at radius 3 is 2.05 bits per heavy atom. The Hall–Kier alpha value is -7.36. The van der Waals surface area contributed by atoms with Crippen molar-refractivity contribution < 1.29 is 4.42 Å².